The Balaban J connectivity index is 1.55. The van der Waals surface area contributed by atoms with Crippen molar-refractivity contribution in [3.8, 4) is 11.5 Å². The van der Waals surface area contributed by atoms with Crippen molar-refractivity contribution >= 4 is 23.2 Å². The standard InChI is InChI=1S/C18H19ClN2O3/c1-21(12-18(22)20-15-4-2-3-14(19)10-15)11-13-5-6-16-17(9-13)24-8-7-23-16/h2-6,9-10H,7-8,11-12H2,1H3,(H,20,22). The highest BCUT2D eigenvalue weighted by Gasteiger charge is 2.13. The molecule has 1 aliphatic rings. The molecule has 0 aromatic heterocycles. The quantitative estimate of drug-likeness (QED) is 0.903. The SMILES string of the molecule is CN(CC(=O)Nc1cccc(Cl)c1)Cc1ccc2c(c1)OCCO2. The molecular formula is C18H19ClN2O3. The molecule has 0 aliphatic carbocycles. The van der Waals surface area contributed by atoms with Crippen molar-refractivity contribution in [1.82, 2.24) is 4.90 Å². The van der Waals surface area contributed by atoms with E-state index in [9.17, 15) is 4.79 Å². The van der Waals surface area contributed by atoms with Gasteiger partial charge in [-0.25, -0.2) is 0 Å². The zero-order valence-corrected chi connectivity index (χ0v) is 14.2. The lowest BCUT2D eigenvalue weighted by Gasteiger charge is -2.21. The second-order valence-corrected chi connectivity index (χ2v) is 6.15. The molecule has 5 nitrogen and oxygen atoms in total. The van der Waals surface area contributed by atoms with Crippen LogP contribution in [0.15, 0.2) is 42.5 Å². The summed E-state index contributed by atoms with van der Waals surface area (Å²) in [6, 6.07) is 13.0. The van der Waals surface area contributed by atoms with Crippen LogP contribution in [0.1, 0.15) is 5.56 Å². The van der Waals surface area contributed by atoms with Crippen molar-refractivity contribution in [2.75, 3.05) is 32.1 Å². The summed E-state index contributed by atoms with van der Waals surface area (Å²) in [7, 11) is 1.90. The van der Waals surface area contributed by atoms with Crippen LogP contribution in [-0.2, 0) is 11.3 Å². The molecule has 6 heteroatoms. The molecule has 0 saturated heterocycles. The van der Waals surface area contributed by atoms with Crippen molar-refractivity contribution in [2.24, 2.45) is 0 Å². The molecule has 0 saturated carbocycles. The number of likely N-dealkylation sites (N-methyl/N-ethyl adjacent to an activating group) is 1. The maximum atomic E-state index is 12.1. The van der Waals surface area contributed by atoms with Crippen LogP contribution in [0.25, 0.3) is 0 Å². The molecule has 2 aromatic rings. The molecule has 0 atom stereocenters. The van der Waals surface area contributed by atoms with Crippen molar-refractivity contribution in [2.45, 2.75) is 6.54 Å². The molecule has 1 N–H and O–H groups in total. The summed E-state index contributed by atoms with van der Waals surface area (Å²) in [4.78, 5) is 14.1. The minimum atomic E-state index is -0.0858. The molecule has 2 aromatic carbocycles. The van der Waals surface area contributed by atoms with E-state index in [1.807, 2.05) is 36.2 Å². The average molecular weight is 347 g/mol. The largest absolute Gasteiger partial charge is 0.486 e. The third kappa shape index (κ3) is 4.40. The molecule has 0 bridgehead atoms. The summed E-state index contributed by atoms with van der Waals surface area (Å²) in [6.07, 6.45) is 0. The van der Waals surface area contributed by atoms with Gasteiger partial charge in [0.25, 0.3) is 0 Å². The molecule has 1 aliphatic heterocycles. The predicted octanol–water partition coefficient (Wildman–Crippen LogP) is 3.18. The van der Waals surface area contributed by atoms with Gasteiger partial charge in [0.2, 0.25) is 5.91 Å². The highest BCUT2D eigenvalue weighted by atomic mass is 35.5. The Kier molecular flexibility index (Phi) is 5.23. The fourth-order valence-corrected chi connectivity index (χ4v) is 2.76. The third-order valence-electron chi connectivity index (χ3n) is 3.58. The molecule has 1 amide bonds. The van der Waals surface area contributed by atoms with E-state index in [4.69, 9.17) is 21.1 Å². The van der Waals surface area contributed by atoms with Crippen molar-refractivity contribution in [3.05, 3.63) is 53.1 Å². The molecule has 24 heavy (non-hydrogen) atoms. The zero-order chi connectivity index (χ0) is 16.9. The Morgan fingerprint density at radius 2 is 1.96 bits per heavy atom. The fraction of sp³-hybridized carbons (Fsp3) is 0.278. The summed E-state index contributed by atoms with van der Waals surface area (Å²) >= 11 is 5.92. The van der Waals surface area contributed by atoms with E-state index in [1.165, 1.54) is 0 Å². The Morgan fingerprint density at radius 3 is 2.75 bits per heavy atom. The first-order valence-electron chi connectivity index (χ1n) is 7.72. The predicted molar refractivity (Wildman–Crippen MR) is 93.8 cm³/mol. The van der Waals surface area contributed by atoms with E-state index in [1.54, 1.807) is 18.2 Å². The lowest BCUT2D eigenvalue weighted by molar-refractivity contribution is -0.117. The van der Waals surface area contributed by atoms with Crippen LogP contribution >= 0.6 is 11.6 Å². The lowest BCUT2D eigenvalue weighted by Crippen LogP contribution is -2.29. The van der Waals surface area contributed by atoms with E-state index < -0.39 is 0 Å². The van der Waals surface area contributed by atoms with Gasteiger partial charge in [-0.15, -0.1) is 0 Å². The molecule has 0 spiro atoms. The van der Waals surface area contributed by atoms with Gasteiger partial charge in [0, 0.05) is 17.3 Å². The van der Waals surface area contributed by atoms with Gasteiger partial charge in [0.1, 0.15) is 13.2 Å². The number of fused-ring (bicyclic) bond motifs is 1. The van der Waals surface area contributed by atoms with E-state index in [0.29, 0.717) is 30.5 Å². The van der Waals surface area contributed by atoms with Crippen LogP contribution in [0.4, 0.5) is 5.69 Å². The number of amides is 1. The van der Waals surface area contributed by atoms with E-state index >= 15 is 0 Å². The minimum absolute atomic E-state index is 0.0858. The number of ether oxygens (including phenoxy) is 2. The fourth-order valence-electron chi connectivity index (χ4n) is 2.57. The number of anilines is 1. The molecule has 0 radical (unpaired) electrons. The van der Waals surface area contributed by atoms with Crippen molar-refractivity contribution in [1.29, 1.82) is 0 Å². The van der Waals surface area contributed by atoms with Crippen LogP contribution < -0.4 is 14.8 Å². The van der Waals surface area contributed by atoms with Crippen LogP contribution in [0, 0.1) is 0 Å². The molecular weight excluding hydrogens is 328 g/mol. The van der Waals surface area contributed by atoms with Crippen LogP contribution in [0.2, 0.25) is 5.02 Å². The maximum Gasteiger partial charge on any atom is 0.238 e. The third-order valence-corrected chi connectivity index (χ3v) is 3.82. The summed E-state index contributed by atoms with van der Waals surface area (Å²) in [5.41, 5.74) is 1.76. The molecule has 126 valence electrons. The van der Waals surface area contributed by atoms with Crippen LogP contribution in [0.5, 0.6) is 11.5 Å². The van der Waals surface area contributed by atoms with Gasteiger partial charge >= 0.3 is 0 Å². The number of nitrogens with zero attached hydrogens (tertiary/aromatic N) is 1. The van der Waals surface area contributed by atoms with Crippen LogP contribution in [0.3, 0.4) is 0 Å². The van der Waals surface area contributed by atoms with Gasteiger partial charge in [0.15, 0.2) is 11.5 Å². The lowest BCUT2D eigenvalue weighted by atomic mass is 10.2. The summed E-state index contributed by atoms with van der Waals surface area (Å²) in [6.45, 7) is 2.06. The van der Waals surface area contributed by atoms with Gasteiger partial charge < -0.3 is 14.8 Å². The number of hydrogen-bond acceptors (Lipinski definition) is 4. The molecule has 0 unspecified atom stereocenters. The van der Waals surface area contributed by atoms with E-state index in [2.05, 4.69) is 5.32 Å². The maximum absolute atomic E-state index is 12.1. The first kappa shape index (κ1) is 16.6. The van der Waals surface area contributed by atoms with E-state index in [-0.39, 0.29) is 12.5 Å². The average Bonchev–Trinajstić information content (AvgIpc) is 2.54. The van der Waals surface area contributed by atoms with Gasteiger partial charge in [-0.1, -0.05) is 23.7 Å². The van der Waals surface area contributed by atoms with Gasteiger partial charge in [-0.2, -0.15) is 0 Å². The monoisotopic (exact) mass is 346 g/mol. The topological polar surface area (TPSA) is 50.8 Å². The number of halogens is 1. The summed E-state index contributed by atoms with van der Waals surface area (Å²) in [5.74, 6) is 1.44. The Labute approximate surface area is 146 Å². The van der Waals surface area contributed by atoms with Crippen LogP contribution in [-0.4, -0.2) is 37.6 Å². The highest BCUT2D eigenvalue weighted by molar-refractivity contribution is 6.30. The molecule has 1 heterocycles. The smallest absolute Gasteiger partial charge is 0.238 e. The number of hydrogen-bond donors (Lipinski definition) is 1. The summed E-state index contributed by atoms with van der Waals surface area (Å²) < 4.78 is 11.1. The zero-order valence-electron chi connectivity index (χ0n) is 13.4. The van der Waals surface area contributed by atoms with Crippen molar-refractivity contribution < 1.29 is 14.3 Å². The molecule has 3 rings (SSSR count). The highest BCUT2D eigenvalue weighted by Crippen LogP contribution is 2.31. The minimum Gasteiger partial charge on any atom is -0.486 e. The van der Waals surface area contributed by atoms with Crippen molar-refractivity contribution in [3.63, 3.8) is 0 Å². The van der Waals surface area contributed by atoms with Gasteiger partial charge in [0.05, 0.1) is 6.54 Å². The van der Waals surface area contributed by atoms with E-state index in [0.717, 1.165) is 17.1 Å². The Bertz CT molecular complexity index is 736. The number of rotatable bonds is 5. The van der Waals surface area contributed by atoms with Gasteiger partial charge in [-0.05, 0) is 42.9 Å². The first-order valence-corrected chi connectivity index (χ1v) is 8.10. The van der Waals surface area contributed by atoms with Gasteiger partial charge in [-0.3, -0.25) is 9.69 Å². The molecule has 0 fully saturated rings. The normalized spacial score (nSPS) is 13.0. The Hall–Kier alpha value is -2.24. The summed E-state index contributed by atoms with van der Waals surface area (Å²) in [5, 5.41) is 3.43. The number of carbonyl (C=O) groups excluding carboxylic acids is 1. The number of benzene rings is 2. The second-order valence-electron chi connectivity index (χ2n) is 5.71. The second kappa shape index (κ2) is 7.55. The number of nitrogens with one attached hydrogen (secondary N) is 1. The Morgan fingerprint density at radius 1 is 1.17 bits per heavy atom. The number of carbonyl (C=O) groups is 1. The first-order chi connectivity index (χ1) is 11.6.